The molecule has 0 unspecified atom stereocenters. The third-order valence-electron chi connectivity index (χ3n) is 5.56. The van der Waals surface area contributed by atoms with Crippen LogP contribution in [0.5, 0.6) is 0 Å². The SMILES string of the molecule is CCCCCN(Cc1ccc(F)cc1)C(=O)CCc1c(C)nc2nc(C(F)(F)F)nn2c1C. The summed E-state index contributed by atoms with van der Waals surface area (Å²) >= 11 is 0. The fraction of sp³-hybridized carbons (Fsp3) is 0.478. The van der Waals surface area contributed by atoms with Crippen molar-refractivity contribution < 1.29 is 22.4 Å². The zero-order valence-corrected chi connectivity index (χ0v) is 18.9. The number of carbonyl (C=O) groups is 1. The molecule has 33 heavy (non-hydrogen) atoms. The first-order valence-corrected chi connectivity index (χ1v) is 10.9. The molecule has 2 aromatic heterocycles. The first-order valence-electron chi connectivity index (χ1n) is 10.9. The minimum atomic E-state index is -4.66. The van der Waals surface area contributed by atoms with Crippen molar-refractivity contribution in [2.24, 2.45) is 0 Å². The van der Waals surface area contributed by atoms with E-state index in [0.29, 0.717) is 36.5 Å². The van der Waals surface area contributed by atoms with E-state index < -0.39 is 12.0 Å². The Kier molecular flexibility index (Phi) is 7.65. The maximum absolute atomic E-state index is 13.2. The van der Waals surface area contributed by atoms with E-state index in [9.17, 15) is 22.4 Å². The van der Waals surface area contributed by atoms with Crippen molar-refractivity contribution in [2.75, 3.05) is 6.54 Å². The molecule has 10 heteroatoms. The van der Waals surface area contributed by atoms with Gasteiger partial charge in [-0.2, -0.15) is 18.2 Å². The second kappa shape index (κ2) is 10.3. The molecule has 0 aliphatic rings. The Morgan fingerprint density at radius 3 is 2.42 bits per heavy atom. The lowest BCUT2D eigenvalue weighted by atomic mass is 10.1. The van der Waals surface area contributed by atoms with Crippen molar-refractivity contribution in [1.82, 2.24) is 24.5 Å². The molecule has 178 valence electrons. The number of alkyl halides is 3. The van der Waals surface area contributed by atoms with Crippen molar-refractivity contribution >= 4 is 11.7 Å². The lowest BCUT2D eigenvalue weighted by molar-refractivity contribution is -0.144. The van der Waals surface area contributed by atoms with E-state index in [0.717, 1.165) is 29.3 Å². The van der Waals surface area contributed by atoms with Crippen LogP contribution in [-0.2, 0) is 23.9 Å². The summed E-state index contributed by atoms with van der Waals surface area (Å²) < 4.78 is 53.3. The molecule has 0 radical (unpaired) electrons. The summed E-state index contributed by atoms with van der Waals surface area (Å²) in [5.74, 6) is -1.78. The predicted octanol–water partition coefficient (Wildman–Crippen LogP) is 5.05. The number of carbonyl (C=O) groups excluding carboxylic acids is 1. The molecular formula is C23H27F4N5O. The van der Waals surface area contributed by atoms with Crippen LogP contribution in [0.2, 0.25) is 0 Å². The molecule has 0 bridgehead atoms. The van der Waals surface area contributed by atoms with Crippen LogP contribution in [0.3, 0.4) is 0 Å². The Balaban J connectivity index is 1.77. The average molecular weight is 465 g/mol. The zero-order chi connectivity index (χ0) is 24.2. The predicted molar refractivity (Wildman–Crippen MR) is 115 cm³/mol. The molecule has 2 heterocycles. The van der Waals surface area contributed by atoms with Gasteiger partial charge in [0.05, 0.1) is 0 Å². The molecule has 3 rings (SSSR count). The van der Waals surface area contributed by atoms with Gasteiger partial charge in [-0.15, -0.1) is 5.10 Å². The molecule has 3 aromatic rings. The van der Waals surface area contributed by atoms with Crippen LogP contribution in [0.1, 0.15) is 60.9 Å². The number of rotatable bonds is 9. The normalized spacial score (nSPS) is 11.8. The monoisotopic (exact) mass is 465 g/mol. The first-order chi connectivity index (χ1) is 15.6. The average Bonchev–Trinajstić information content (AvgIpc) is 3.19. The maximum Gasteiger partial charge on any atom is 0.453 e. The molecule has 0 saturated carbocycles. The van der Waals surface area contributed by atoms with Crippen LogP contribution in [0.4, 0.5) is 17.6 Å². The van der Waals surface area contributed by atoms with Crippen LogP contribution in [0.25, 0.3) is 5.78 Å². The molecule has 0 aliphatic heterocycles. The van der Waals surface area contributed by atoms with E-state index >= 15 is 0 Å². The molecular weight excluding hydrogens is 438 g/mol. The van der Waals surface area contributed by atoms with Crippen LogP contribution < -0.4 is 0 Å². The molecule has 0 N–H and O–H groups in total. The van der Waals surface area contributed by atoms with E-state index in [2.05, 4.69) is 22.0 Å². The Morgan fingerprint density at radius 2 is 1.79 bits per heavy atom. The van der Waals surface area contributed by atoms with E-state index in [-0.39, 0.29) is 23.9 Å². The van der Waals surface area contributed by atoms with Crippen molar-refractivity contribution in [3.8, 4) is 0 Å². The molecule has 0 atom stereocenters. The number of aryl methyl sites for hydroxylation is 2. The number of fused-ring (bicyclic) bond motifs is 1. The largest absolute Gasteiger partial charge is 0.453 e. The van der Waals surface area contributed by atoms with Gasteiger partial charge in [-0.05, 0) is 49.9 Å². The standard InChI is InChI=1S/C23H27F4N5O/c1-4-5-6-13-31(14-17-7-9-18(24)10-8-17)20(33)12-11-19-15(2)28-22-29-21(23(25,26)27)30-32(22)16(19)3/h7-10H,4-6,11-14H2,1-3H3. The minimum absolute atomic E-state index is 0.0797. The van der Waals surface area contributed by atoms with Crippen LogP contribution >= 0.6 is 0 Å². The lowest BCUT2D eigenvalue weighted by Gasteiger charge is -2.23. The summed E-state index contributed by atoms with van der Waals surface area (Å²) in [6.07, 6.45) is -1.32. The number of aromatic nitrogens is 4. The highest BCUT2D eigenvalue weighted by Crippen LogP contribution is 2.27. The summed E-state index contributed by atoms with van der Waals surface area (Å²) in [4.78, 5) is 22.4. The van der Waals surface area contributed by atoms with Crippen molar-refractivity contribution in [2.45, 2.75) is 65.6 Å². The Morgan fingerprint density at radius 1 is 1.09 bits per heavy atom. The Hall–Kier alpha value is -3.04. The maximum atomic E-state index is 13.2. The molecule has 1 aromatic carbocycles. The van der Waals surface area contributed by atoms with Crippen molar-refractivity contribution in [3.05, 3.63) is 58.4 Å². The number of unbranched alkanes of at least 4 members (excludes halogenated alkanes) is 2. The minimum Gasteiger partial charge on any atom is -0.338 e. The summed E-state index contributed by atoms with van der Waals surface area (Å²) in [6, 6.07) is 6.05. The van der Waals surface area contributed by atoms with E-state index in [4.69, 9.17) is 0 Å². The van der Waals surface area contributed by atoms with Gasteiger partial charge in [-0.1, -0.05) is 31.9 Å². The third-order valence-corrected chi connectivity index (χ3v) is 5.56. The molecule has 0 aliphatic carbocycles. The molecule has 1 amide bonds. The lowest BCUT2D eigenvalue weighted by Crippen LogP contribution is -2.32. The Labute approximate surface area is 189 Å². The van der Waals surface area contributed by atoms with E-state index in [1.807, 2.05) is 0 Å². The molecule has 0 spiro atoms. The number of amides is 1. The number of nitrogens with zero attached hydrogens (tertiary/aromatic N) is 5. The van der Waals surface area contributed by atoms with Gasteiger partial charge in [-0.25, -0.2) is 13.9 Å². The van der Waals surface area contributed by atoms with Gasteiger partial charge >= 0.3 is 6.18 Å². The zero-order valence-electron chi connectivity index (χ0n) is 18.9. The van der Waals surface area contributed by atoms with Gasteiger partial charge in [0.1, 0.15) is 5.82 Å². The van der Waals surface area contributed by atoms with Gasteiger partial charge in [0.25, 0.3) is 11.6 Å². The van der Waals surface area contributed by atoms with Crippen molar-refractivity contribution in [1.29, 1.82) is 0 Å². The van der Waals surface area contributed by atoms with Crippen LogP contribution in [0, 0.1) is 19.7 Å². The van der Waals surface area contributed by atoms with Gasteiger partial charge in [0.15, 0.2) is 0 Å². The summed E-state index contributed by atoms with van der Waals surface area (Å²) in [6.45, 7) is 6.36. The quantitative estimate of drug-likeness (QED) is 0.328. The number of hydrogen-bond acceptors (Lipinski definition) is 4. The highest BCUT2D eigenvalue weighted by Gasteiger charge is 2.37. The summed E-state index contributed by atoms with van der Waals surface area (Å²) in [5.41, 5.74) is 2.50. The van der Waals surface area contributed by atoms with Crippen LogP contribution in [-0.4, -0.2) is 36.9 Å². The fourth-order valence-electron chi connectivity index (χ4n) is 3.74. The van der Waals surface area contributed by atoms with Gasteiger partial charge in [0.2, 0.25) is 5.91 Å². The van der Waals surface area contributed by atoms with Gasteiger partial charge in [-0.3, -0.25) is 4.79 Å². The number of hydrogen-bond donors (Lipinski definition) is 0. The van der Waals surface area contributed by atoms with Crippen molar-refractivity contribution in [3.63, 3.8) is 0 Å². The number of halogens is 4. The first kappa shape index (κ1) is 24.6. The molecule has 0 saturated heterocycles. The molecule has 0 fully saturated rings. The third kappa shape index (κ3) is 6.06. The van der Waals surface area contributed by atoms with E-state index in [1.54, 1.807) is 30.9 Å². The highest BCUT2D eigenvalue weighted by atomic mass is 19.4. The van der Waals surface area contributed by atoms with Gasteiger partial charge in [0, 0.05) is 30.9 Å². The Bertz CT molecular complexity index is 1110. The summed E-state index contributed by atoms with van der Waals surface area (Å²) in [7, 11) is 0. The summed E-state index contributed by atoms with van der Waals surface area (Å²) in [5, 5.41) is 3.55. The molecule has 6 nitrogen and oxygen atoms in total. The number of benzene rings is 1. The van der Waals surface area contributed by atoms with Crippen LogP contribution in [0.15, 0.2) is 24.3 Å². The van der Waals surface area contributed by atoms with Gasteiger partial charge < -0.3 is 4.90 Å². The second-order valence-corrected chi connectivity index (χ2v) is 8.06. The smallest absolute Gasteiger partial charge is 0.338 e. The fourth-order valence-corrected chi connectivity index (χ4v) is 3.74. The van der Waals surface area contributed by atoms with E-state index in [1.165, 1.54) is 12.1 Å². The second-order valence-electron chi connectivity index (χ2n) is 8.06. The topological polar surface area (TPSA) is 63.4 Å². The highest BCUT2D eigenvalue weighted by molar-refractivity contribution is 5.76.